The van der Waals surface area contributed by atoms with Crippen LogP contribution in [0.5, 0.6) is 0 Å². The highest BCUT2D eigenvalue weighted by Crippen LogP contribution is 2.19. The standard InChI is InChI=1S/C13H12N4O/c14-5-4-12-13(18)17(7-6-16-12)11-3-1-2-10(8-11)9-15/h1-3,8,12,16H,4,6-7H2. The number of carbonyl (C=O) groups is 1. The van der Waals surface area contributed by atoms with Crippen LogP contribution in [0.25, 0.3) is 0 Å². The normalized spacial score (nSPS) is 19.1. The number of hydrogen-bond donors (Lipinski definition) is 1. The Hall–Kier alpha value is -2.37. The first-order valence-corrected chi connectivity index (χ1v) is 5.68. The van der Waals surface area contributed by atoms with E-state index in [0.717, 1.165) is 0 Å². The molecule has 0 saturated carbocycles. The molecule has 1 saturated heterocycles. The lowest BCUT2D eigenvalue weighted by Gasteiger charge is -2.32. The van der Waals surface area contributed by atoms with E-state index in [1.54, 1.807) is 29.2 Å². The molecule has 1 amide bonds. The van der Waals surface area contributed by atoms with Crippen LogP contribution in [0, 0.1) is 22.7 Å². The van der Waals surface area contributed by atoms with Crippen LogP contribution in [0.15, 0.2) is 24.3 Å². The van der Waals surface area contributed by atoms with Gasteiger partial charge >= 0.3 is 0 Å². The molecule has 1 heterocycles. The summed E-state index contributed by atoms with van der Waals surface area (Å²) in [6, 6.07) is 10.5. The first kappa shape index (κ1) is 12.1. The van der Waals surface area contributed by atoms with Gasteiger partial charge in [-0.2, -0.15) is 10.5 Å². The minimum atomic E-state index is -0.450. The van der Waals surface area contributed by atoms with E-state index >= 15 is 0 Å². The number of amides is 1. The van der Waals surface area contributed by atoms with Crippen molar-refractivity contribution < 1.29 is 4.79 Å². The number of rotatable bonds is 2. The quantitative estimate of drug-likeness (QED) is 0.828. The first-order chi connectivity index (χ1) is 8.76. The summed E-state index contributed by atoms with van der Waals surface area (Å²) in [5.41, 5.74) is 1.24. The average Bonchev–Trinajstić information content (AvgIpc) is 2.41. The summed E-state index contributed by atoms with van der Waals surface area (Å²) in [5.74, 6) is -0.113. The van der Waals surface area contributed by atoms with Gasteiger partial charge in [-0.15, -0.1) is 0 Å². The molecule has 90 valence electrons. The Morgan fingerprint density at radius 2 is 2.28 bits per heavy atom. The SMILES string of the molecule is N#CCC1NCCN(c2cccc(C#N)c2)C1=O. The zero-order valence-electron chi connectivity index (χ0n) is 9.76. The highest BCUT2D eigenvalue weighted by Gasteiger charge is 2.28. The molecule has 5 heteroatoms. The van der Waals surface area contributed by atoms with Crippen LogP contribution in [0.3, 0.4) is 0 Å². The smallest absolute Gasteiger partial charge is 0.245 e. The van der Waals surface area contributed by atoms with E-state index in [1.165, 1.54) is 0 Å². The van der Waals surface area contributed by atoms with E-state index in [-0.39, 0.29) is 12.3 Å². The number of nitrogens with zero attached hydrogens (tertiary/aromatic N) is 3. The Kier molecular flexibility index (Phi) is 3.57. The van der Waals surface area contributed by atoms with Gasteiger partial charge in [-0.05, 0) is 18.2 Å². The maximum atomic E-state index is 12.1. The molecule has 1 aliphatic rings. The molecule has 0 bridgehead atoms. The third kappa shape index (κ3) is 2.32. The summed E-state index contributed by atoms with van der Waals surface area (Å²) in [6.07, 6.45) is 0.160. The van der Waals surface area contributed by atoms with Gasteiger partial charge in [0.05, 0.1) is 24.1 Å². The number of carbonyl (C=O) groups excluding carboxylic acids is 1. The van der Waals surface area contributed by atoms with Gasteiger partial charge in [0.1, 0.15) is 6.04 Å². The molecule has 0 spiro atoms. The van der Waals surface area contributed by atoms with Gasteiger partial charge < -0.3 is 10.2 Å². The number of nitrogens with one attached hydrogen (secondary N) is 1. The molecule has 5 nitrogen and oxygen atoms in total. The molecule has 1 unspecified atom stereocenters. The van der Waals surface area contributed by atoms with Crippen molar-refractivity contribution in [3.63, 3.8) is 0 Å². The van der Waals surface area contributed by atoms with Crippen LogP contribution in [0.1, 0.15) is 12.0 Å². The van der Waals surface area contributed by atoms with Gasteiger partial charge in [0.15, 0.2) is 0 Å². The molecular formula is C13H12N4O. The molecular weight excluding hydrogens is 228 g/mol. The van der Waals surface area contributed by atoms with E-state index in [4.69, 9.17) is 10.5 Å². The van der Waals surface area contributed by atoms with Crippen molar-refractivity contribution in [3.05, 3.63) is 29.8 Å². The van der Waals surface area contributed by atoms with Crippen LogP contribution in [0.4, 0.5) is 5.69 Å². The Morgan fingerprint density at radius 1 is 1.44 bits per heavy atom. The van der Waals surface area contributed by atoms with Crippen LogP contribution < -0.4 is 10.2 Å². The van der Waals surface area contributed by atoms with Crippen molar-refractivity contribution >= 4 is 11.6 Å². The summed E-state index contributed by atoms with van der Waals surface area (Å²) in [4.78, 5) is 13.8. The van der Waals surface area contributed by atoms with Gasteiger partial charge in [-0.3, -0.25) is 4.79 Å². The number of nitriles is 2. The second kappa shape index (κ2) is 5.31. The van der Waals surface area contributed by atoms with Crippen molar-refractivity contribution in [2.75, 3.05) is 18.0 Å². The highest BCUT2D eigenvalue weighted by atomic mass is 16.2. The first-order valence-electron chi connectivity index (χ1n) is 5.68. The van der Waals surface area contributed by atoms with Gasteiger partial charge in [0.2, 0.25) is 5.91 Å². The molecule has 0 aliphatic carbocycles. The number of benzene rings is 1. The summed E-state index contributed by atoms with van der Waals surface area (Å²) < 4.78 is 0. The summed E-state index contributed by atoms with van der Waals surface area (Å²) >= 11 is 0. The molecule has 1 fully saturated rings. The monoisotopic (exact) mass is 240 g/mol. The van der Waals surface area contributed by atoms with Crippen LogP contribution in [0.2, 0.25) is 0 Å². The molecule has 0 aromatic heterocycles. The highest BCUT2D eigenvalue weighted by molar-refractivity contribution is 5.98. The second-order valence-corrected chi connectivity index (χ2v) is 4.02. The van der Waals surface area contributed by atoms with Gasteiger partial charge in [-0.25, -0.2) is 0 Å². The average molecular weight is 240 g/mol. The lowest BCUT2D eigenvalue weighted by molar-refractivity contribution is -0.121. The van der Waals surface area contributed by atoms with E-state index in [2.05, 4.69) is 11.4 Å². The van der Waals surface area contributed by atoms with Crippen molar-refractivity contribution in [2.24, 2.45) is 0 Å². The number of hydrogen-bond acceptors (Lipinski definition) is 4. The van der Waals surface area contributed by atoms with Crippen molar-refractivity contribution in [2.45, 2.75) is 12.5 Å². The lowest BCUT2D eigenvalue weighted by atomic mass is 10.1. The van der Waals surface area contributed by atoms with Crippen LogP contribution in [-0.4, -0.2) is 25.0 Å². The molecule has 18 heavy (non-hydrogen) atoms. The predicted octanol–water partition coefficient (Wildman–Crippen LogP) is 0.777. The zero-order chi connectivity index (χ0) is 13.0. The number of piperazine rings is 1. The van der Waals surface area contributed by atoms with Crippen LogP contribution >= 0.6 is 0 Å². The summed E-state index contributed by atoms with van der Waals surface area (Å²) in [6.45, 7) is 1.20. The topological polar surface area (TPSA) is 79.9 Å². The number of anilines is 1. The minimum absolute atomic E-state index is 0.113. The maximum Gasteiger partial charge on any atom is 0.245 e. The molecule has 2 rings (SSSR count). The molecule has 1 aromatic rings. The maximum absolute atomic E-state index is 12.1. The van der Waals surface area contributed by atoms with Crippen molar-refractivity contribution in [1.82, 2.24) is 5.32 Å². The predicted molar refractivity (Wildman–Crippen MR) is 65.5 cm³/mol. The van der Waals surface area contributed by atoms with Gasteiger partial charge in [-0.1, -0.05) is 6.07 Å². The molecule has 1 aromatic carbocycles. The Bertz CT molecular complexity index is 541. The Labute approximate surface area is 105 Å². The second-order valence-electron chi connectivity index (χ2n) is 4.02. The van der Waals surface area contributed by atoms with Gasteiger partial charge in [0.25, 0.3) is 0 Å². The largest absolute Gasteiger partial charge is 0.310 e. The van der Waals surface area contributed by atoms with Crippen molar-refractivity contribution in [3.8, 4) is 12.1 Å². The fraction of sp³-hybridized carbons (Fsp3) is 0.308. The molecule has 1 N–H and O–H groups in total. The van der Waals surface area contributed by atoms with Gasteiger partial charge in [0, 0.05) is 18.8 Å². The Morgan fingerprint density at radius 3 is 3.00 bits per heavy atom. The molecule has 1 aliphatic heterocycles. The Balaban J connectivity index is 2.24. The third-order valence-corrected chi connectivity index (χ3v) is 2.87. The fourth-order valence-electron chi connectivity index (χ4n) is 1.99. The third-order valence-electron chi connectivity index (χ3n) is 2.87. The zero-order valence-corrected chi connectivity index (χ0v) is 9.76. The van der Waals surface area contributed by atoms with E-state index in [0.29, 0.717) is 24.3 Å². The van der Waals surface area contributed by atoms with Crippen molar-refractivity contribution in [1.29, 1.82) is 10.5 Å². The molecule has 1 atom stereocenters. The van der Waals surface area contributed by atoms with Crippen LogP contribution in [-0.2, 0) is 4.79 Å². The fourth-order valence-corrected chi connectivity index (χ4v) is 1.99. The van der Waals surface area contributed by atoms with E-state index in [1.807, 2.05) is 6.07 Å². The summed E-state index contributed by atoms with van der Waals surface area (Å²) in [7, 11) is 0. The lowest BCUT2D eigenvalue weighted by Crippen LogP contribution is -2.55. The summed E-state index contributed by atoms with van der Waals surface area (Å²) in [5, 5.41) is 20.5. The van der Waals surface area contributed by atoms with E-state index in [9.17, 15) is 4.79 Å². The van der Waals surface area contributed by atoms with E-state index < -0.39 is 6.04 Å². The minimum Gasteiger partial charge on any atom is -0.310 e. The molecule has 0 radical (unpaired) electrons.